The van der Waals surface area contributed by atoms with E-state index in [1.54, 1.807) is 50.6 Å². The van der Waals surface area contributed by atoms with Crippen molar-refractivity contribution in [3.8, 4) is 17.2 Å². The minimum atomic E-state index is -1.50. The minimum Gasteiger partial charge on any atom is -0.494 e. The molecule has 1 aliphatic heterocycles. The SMILES string of the molecule is COc1ccc(CNNC(=O)[C@@]2(Cc3ccccc3Br)N=C(c3ccc(OCCCO)cc3)O[C@H]2c2ccc(Cl)cc2Cl)cc1OC. The monoisotopic (exact) mass is 741 g/mol. The van der Waals surface area contributed by atoms with E-state index in [0.29, 0.717) is 58.0 Å². The van der Waals surface area contributed by atoms with Gasteiger partial charge in [-0.25, -0.2) is 10.4 Å². The van der Waals surface area contributed by atoms with Gasteiger partial charge in [0, 0.05) is 51.6 Å². The smallest absolute Gasteiger partial charge is 0.266 e. The van der Waals surface area contributed by atoms with E-state index >= 15 is 0 Å². The van der Waals surface area contributed by atoms with Gasteiger partial charge in [0.05, 0.1) is 20.8 Å². The molecule has 12 heteroatoms. The van der Waals surface area contributed by atoms with Gasteiger partial charge in [0.25, 0.3) is 5.91 Å². The number of ether oxygens (including phenoxy) is 4. The number of hydrogen-bond donors (Lipinski definition) is 3. The molecule has 47 heavy (non-hydrogen) atoms. The molecule has 9 nitrogen and oxygen atoms in total. The molecule has 4 aromatic rings. The molecule has 0 aromatic heterocycles. The van der Waals surface area contributed by atoms with Crippen LogP contribution in [0.25, 0.3) is 0 Å². The second-order valence-electron chi connectivity index (χ2n) is 10.7. The summed E-state index contributed by atoms with van der Waals surface area (Å²) in [5.41, 5.74) is 7.34. The molecule has 2 atom stereocenters. The van der Waals surface area contributed by atoms with Crippen molar-refractivity contribution in [2.45, 2.75) is 31.0 Å². The van der Waals surface area contributed by atoms with Crippen LogP contribution in [0.1, 0.15) is 34.8 Å². The third kappa shape index (κ3) is 8.02. The number of benzene rings is 4. The molecule has 1 aliphatic rings. The fraction of sp³-hybridized carbons (Fsp3) is 0.257. The lowest BCUT2D eigenvalue weighted by molar-refractivity contribution is -0.130. The van der Waals surface area contributed by atoms with E-state index < -0.39 is 17.6 Å². The van der Waals surface area contributed by atoms with Crippen LogP contribution in [0.4, 0.5) is 0 Å². The highest BCUT2D eigenvalue weighted by molar-refractivity contribution is 9.10. The normalized spacial score (nSPS) is 17.1. The summed E-state index contributed by atoms with van der Waals surface area (Å²) in [7, 11) is 3.14. The second-order valence-corrected chi connectivity index (χ2v) is 12.4. The number of carbonyl (C=O) groups is 1. The molecule has 0 radical (unpaired) electrons. The van der Waals surface area contributed by atoms with Gasteiger partial charge in [-0.3, -0.25) is 10.2 Å². The molecule has 3 N–H and O–H groups in total. The molecule has 5 rings (SSSR count). The van der Waals surface area contributed by atoms with Crippen LogP contribution in [0.3, 0.4) is 0 Å². The Bertz CT molecular complexity index is 1740. The van der Waals surface area contributed by atoms with E-state index in [4.69, 9.17) is 52.2 Å². The summed E-state index contributed by atoms with van der Waals surface area (Å²) in [6.07, 6.45) is -0.223. The van der Waals surface area contributed by atoms with E-state index in [-0.39, 0.29) is 18.9 Å². The van der Waals surface area contributed by atoms with Gasteiger partial charge in [0.1, 0.15) is 5.75 Å². The van der Waals surface area contributed by atoms with Gasteiger partial charge in [-0.2, -0.15) is 0 Å². The molecule has 1 amide bonds. The van der Waals surface area contributed by atoms with Crippen LogP contribution in [0.5, 0.6) is 17.2 Å². The molecular formula is C35H34BrCl2N3O6. The van der Waals surface area contributed by atoms with Crippen LogP contribution in [0.15, 0.2) is 94.4 Å². The maximum Gasteiger partial charge on any atom is 0.266 e. The van der Waals surface area contributed by atoms with Gasteiger partial charge in [-0.15, -0.1) is 0 Å². The molecule has 0 unspecified atom stereocenters. The Kier molecular flexibility index (Phi) is 11.7. The fourth-order valence-electron chi connectivity index (χ4n) is 5.23. The minimum absolute atomic E-state index is 0.0438. The van der Waals surface area contributed by atoms with Crippen LogP contribution in [0, 0.1) is 0 Å². The Balaban J connectivity index is 1.53. The number of nitrogens with one attached hydrogen (secondary N) is 2. The summed E-state index contributed by atoms with van der Waals surface area (Å²) in [5, 5.41) is 9.87. The molecule has 0 aliphatic carbocycles. The highest BCUT2D eigenvalue weighted by atomic mass is 79.9. The van der Waals surface area contributed by atoms with Gasteiger partial charge in [-0.1, -0.05) is 69.5 Å². The van der Waals surface area contributed by atoms with Crippen LogP contribution in [0.2, 0.25) is 10.0 Å². The van der Waals surface area contributed by atoms with Crippen molar-refractivity contribution in [3.05, 3.63) is 122 Å². The first-order valence-corrected chi connectivity index (χ1v) is 16.4. The number of hydrazine groups is 1. The molecule has 0 saturated carbocycles. The number of hydrogen-bond acceptors (Lipinski definition) is 8. The Morgan fingerprint density at radius 1 is 1.00 bits per heavy atom. The van der Waals surface area contributed by atoms with Gasteiger partial charge in [0.2, 0.25) is 5.90 Å². The fourth-order valence-corrected chi connectivity index (χ4v) is 6.16. The lowest BCUT2D eigenvalue weighted by atomic mass is 9.82. The number of amides is 1. The number of aliphatic hydroxyl groups is 1. The number of rotatable bonds is 14. The number of carbonyl (C=O) groups excluding carboxylic acids is 1. The zero-order valence-corrected chi connectivity index (χ0v) is 28.9. The van der Waals surface area contributed by atoms with Crippen LogP contribution in [-0.2, 0) is 22.5 Å². The molecule has 4 aromatic carbocycles. The number of nitrogens with zero attached hydrogens (tertiary/aromatic N) is 1. The van der Waals surface area contributed by atoms with Crippen molar-refractivity contribution >= 4 is 50.9 Å². The maximum absolute atomic E-state index is 14.5. The third-order valence-electron chi connectivity index (χ3n) is 7.64. The standard InChI is InChI=1S/C35H34BrCl2N3O6/c1-44-30-15-8-22(18-31(30)45-2)21-39-41-34(43)35(20-24-6-3-4-7-28(24)36)32(27-14-11-25(37)19-29(27)38)47-33(40-35)23-9-12-26(13-10-23)46-17-5-16-42/h3-4,6-15,18-19,32,39,42H,5,16-17,20-21H2,1-2H3,(H,41,43)/t32-,35-/m0/s1. The highest BCUT2D eigenvalue weighted by Crippen LogP contribution is 2.45. The van der Waals surface area contributed by atoms with Crippen molar-refractivity contribution in [2.75, 3.05) is 27.4 Å². The second kappa shape index (κ2) is 15.9. The summed E-state index contributed by atoms with van der Waals surface area (Å²) in [6.45, 7) is 0.719. The molecule has 0 fully saturated rings. The maximum atomic E-state index is 14.5. The first-order valence-electron chi connectivity index (χ1n) is 14.8. The zero-order chi connectivity index (χ0) is 33.4. The summed E-state index contributed by atoms with van der Waals surface area (Å²) < 4.78 is 23.9. The van der Waals surface area contributed by atoms with E-state index in [1.165, 1.54) is 0 Å². The molecule has 246 valence electrons. The van der Waals surface area contributed by atoms with Crippen molar-refractivity contribution in [1.82, 2.24) is 10.9 Å². The van der Waals surface area contributed by atoms with Gasteiger partial charge < -0.3 is 24.1 Å². The van der Waals surface area contributed by atoms with Crippen molar-refractivity contribution < 1.29 is 28.8 Å². The average Bonchev–Trinajstić information content (AvgIpc) is 3.46. The van der Waals surface area contributed by atoms with Gasteiger partial charge >= 0.3 is 0 Å². The molecule has 1 heterocycles. The number of halogens is 3. The predicted octanol–water partition coefficient (Wildman–Crippen LogP) is 6.85. The highest BCUT2D eigenvalue weighted by Gasteiger charge is 2.54. The van der Waals surface area contributed by atoms with E-state index in [1.807, 2.05) is 48.5 Å². The first kappa shape index (κ1) is 34.5. The van der Waals surface area contributed by atoms with E-state index in [2.05, 4.69) is 26.8 Å². The summed E-state index contributed by atoms with van der Waals surface area (Å²) in [4.78, 5) is 19.6. The molecular weight excluding hydrogens is 709 g/mol. The quantitative estimate of drug-likeness (QED) is 0.0958. The molecule has 0 spiro atoms. The number of methoxy groups -OCH3 is 2. The Morgan fingerprint density at radius 3 is 2.47 bits per heavy atom. The number of aliphatic imine (C=N–C) groups is 1. The Labute approximate surface area is 291 Å². The van der Waals surface area contributed by atoms with Crippen molar-refractivity contribution in [3.63, 3.8) is 0 Å². The average molecular weight is 743 g/mol. The van der Waals surface area contributed by atoms with E-state index in [0.717, 1.165) is 15.6 Å². The Morgan fingerprint density at radius 2 is 1.77 bits per heavy atom. The van der Waals surface area contributed by atoms with Crippen LogP contribution < -0.4 is 25.1 Å². The zero-order valence-electron chi connectivity index (χ0n) is 25.8. The van der Waals surface area contributed by atoms with Crippen molar-refractivity contribution in [2.24, 2.45) is 4.99 Å². The lowest BCUT2D eigenvalue weighted by Gasteiger charge is -2.31. The van der Waals surface area contributed by atoms with E-state index in [9.17, 15) is 4.79 Å². The first-order chi connectivity index (χ1) is 22.8. The van der Waals surface area contributed by atoms with Crippen LogP contribution >= 0.6 is 39.1 Å². The lowest BCUT2D eigenvalue weighted by Crippen LogP contribution is -2.53. The van der Waals surface area contributed by atoms with Gasteiger partial charge in [-0.05, 0) is 65.7 Å². The van der Waals surface area contributed by atoms with Crippen LogP contribution in [-0.4, -0.2) is 49.9 Å². The summed E-state index contributed by atoms with van der Waals surface area (Å²) >= 11 is 16.7. The third-order valence-corrected chi connectivity index (χ3v) is 8.97. The molecule has 0 saturated heterocycles. The number of aliphatic hydroxyl groups excluding tert-OH is 1. The summed E-state index contributed by atoms with van der Waals surface area (Å²) in [5.74, 6) is 1.65. The Hall–Kier alpha value is -3.80. The predicted molar refractivity (Wildman–Crippen MR) is 186 cm³/mol. The largest absolute Gasteiger partial charge is 0.494 e. The molecule has 0 bridgehead atoms. The van der Waals surface area contributed by atoms with Gasteiger partial charge in [0.15, 0.2) is 23.1 Å². The van der Waals surface area contributed by atoms with Crippen molar-refractivity contribution in [1.29, 1.82) is 0 Å². The topological polar surface area (TPSA) is 111 Å². The summed E-state index contributed by atoms with van der Waals surface area (Å²) in [6, 6.07) is 25.5.